The summed E-state index contributed by atoms with van der Waals surface area (Å²) >= 11 is 12.1. The number of halogens is 2. The lowest BCUT2D eigenvalue weighted by Gasteiger charge is -2.11. The van der Waals surface area contributed by atoms with Crippen molar-refractivity contribution in [3.8, 4) is 5.75 Å². The molecule has 0 aliphatic rings. The molecule has 30 heavy (non-hydrogen) atoms. The highest BCUT2D eigenvalue weighted by Gasteiger charge is 2.16. The Balaban J connectivity index is 1.74. The zero-order chi connectivity index (χ0) is 21.1. The third-order valence-electron chi connectivity index (χ3n) is 4.66. The minimum absolute atomic E-state index is 0.239. The van der Waals surface area contributed by atoms with Crippen molar-refractivity contribution in [2.45, 2.75) is 6.92 Å². The summed E-state index contributed by atoms with van der Waals surface area (Å²) in [6, 6.07) is 24.1. The van der Waals surface area contributed by atoms with Gasteiger partial charge >= 0.3 is 5.97 Å². The molecule has 0 N–H and O–H groups in total. The van der Waals surface area contributed by atoms with Crippen LogP contribution in [0.5, 0.6) is 5.75 Å². The Hall–Kier alpha value is -3.14. The van der Waals surface area contributed by atoms with Gasteiger partial charge in [-0.25, -0.2) is 4.79 Å². The molecule has 0 fully saturated rings. The van der Waals surface area contributed by atoms with Gasteiger partial charge in [0.25, 0.3) is 0 Å². The van der Waals surface area contributed by atoms with Gasteiger partial charge in [0.1, 0.15) is 5.75 Å². The summed E-state index contributed by atoms with van der Waals surface area (Å²) in [5.41, 5.74) is 2.93. The summed E-state index contributed by atoms with van der Waals surface area (Å²) in [6.45, 7) is 2.03. The second-order valence-electron chi connectivity index (χ2n) is 6.81. The monoisotopic (exact) mass is 433 g/mol. The van der Waals surface area contributed by atoms with Crippen molar-refractivity contribution >= 4 is 51.8 Å². The number of carbonyl (C=O) groups is 1. The average molecular weight is 434 g/mol. The highest BCUT2D eigenvalue weighted by molar-refractivity contribution is 6.36. The Bertz CT molecular complexity index is 1260. The van der Waals surface area contributed by atoms with Gasteiger partial charge in [0.05, 0.1) is 16.3 Å². The van der Waals surface area contributed by atoms with Crippen LogP contribution in [0.3, 0.4) is 0 Å². The summed E-state index contributed by atoms with van der Waals surface area (Å²) in [4.78, 5) is 17.3. The lowest BCUT2D eigenvalue weighted by molar-refractivity contribution is 0.0735. The molecule has 0 aromatic heterocycles. The van der Waals surface area contributed by atoms with E-state index in [1.807, 2.05) is 61.5 Å². The topological polar surface area (TPSA) is 38.7 Å². The largest absolute Gasteiger partial charge is 0.422 e. The van der Waals surface area contributed by atoms with E-state index in [1.165, 1.54) is 6.07 Å². The van der Waals surface area contributed by atoms with Gasteiger partial charge in [-0.1, -0.05) is 71.2 Å². The molecule has 0 spiro atoms. The maximum Gasteiger partial charge on any atom is 0.345 e. The first kappa shape index (κ1) is 20.1. The van der Waals surface area contributed by atoms with Gasteiger partial charge in [-0.05, 0) is 54.1 Å². The van der Waals surface area contributed by atoms with Crippen molar-refractivity contribution in [2.75, 3.05) is 0 Å². The highest BCUT2D eigenvalue weighted by atomic mass is 35.5. The molecule has 148 valence electrons. The lowest BCUT2D eigenvalue weighted by atomic mass is 10.0. The Labute approximate surface area is 184 Å². The van der Waals surface area contributed by atoms with Crippen LogP contribution in [0.4, 0.5) is 5.69 Å². The fraction of sp³-hybridized carbons (Fsp3) is 0.0400. The van der Waals surface area contributed by atoms with Crippen molar-refractivity contribution in [3.63, 3.8) is 0 Å². The zero-order valence-electron chi connectivity index (χ0n) is 16.1. The Kier molecular flexibility index (Phi) is 5.84. The van der Waals surface area contributed by atoms with Gasteiger partial charge in [0.15, 0.2) is 0 Å². The number of hydrogen-bond donors (Lipinski definition) is 0. The van der Waals surface area contributed by atoms with E-state index >= 15 is 0 Å². The van der Waals surface area contributed by atoms with Crippen LogP contribution in [0.2, 0.25) is 10.0 Å². The molecule has 5 heteroatoms. The first-order chi connectivity index (χ1) is 14.5. The van der Waals surface area contributed by atoms with E-state index in [2.05, 4.69) is 4.99 Å². The molecule has 0 saturated carbocycles. The maximum absolute atomic E-state index is 12.8. The molecule has 4 aromatic carbocycles. The fourth-order valence-corrected chi connectivity index (χ4v) is 3.56. The van der Waals surface area contributed by atoms with Crippen molar-refractivity contribution in [2.24, 2.45) is 4.99 Å². The van der Waals surface area contributed by atoms with E-state index < -0.39 is 5.97 Å². The molecular weight excluding hydrogens is 417 g/mol. The van der Waals surface area contributed by atoms with Gasteiger partial charge in [-0.2, -0.15) is 0 Å². The van der Waals surface area contributed by atoms with Crippen LogP contribution in [0.1, 0.15) is 21.5 Å². The molecule has 0 saturated heterocycles. The second-order valence-corrected chi connectivity index (χ2v) is 7.65. The van der Waals surface area contributed by atoms with E-state index in [4.69, 9.17) is 27.9 Å². The molecule has 3 nitrogen and oxygen atoms in total. The number of aliphatic imine (C=N–C) groups is 1. The Morgan fingerprint density at radius 2 is 1.70 bits per heavy atom. The number of esters is 1. The molecule has 4 rings (SSSR count). The number of aryl methyl sites for hydroxylation is 1. The van der Waals surface area contributed by atoms with Crippen LogP contribution in [0, 0.1) is 6.92 Å². The number of fused-ring (bicyclic) bond motifs is 1. The van der Waals surface area contributed by atoms with Gasteiger partial charge in [0, 0.05) is 16.8 Å². The molecule has 0 heterocycles. The SMILES string of the molecule is Cc1ccc(N=Cc2c(OC(=O)c3ccc(Cl)cc3Cl)ccc3ccccc23)cc1. The van der Waals surface area contributed by atoms with Crippen molar-refractivity contribution < 1.29 is 9.53 Å². The van der Waals surface area contributed by atoms with Gasteiger partial charge in [-0.3, -0.25) is 4.99 Å². The lowest BCUT2D eigenvalue weighted by Crippen LogP contribution is -2.10. The minimum Gasteiger partial charge on any atom is -0.422 e. The third kappa shape index (κ3) is 4.38. The van der Waals surface area contributed by atoms with Crippen molar-refractivity contribution in [1.29, 1.82) is 0 Å². The molecule has 4 aromatic rings. The van der Waals surface area contributed by atoms with Gasteiger partial charge < -0.3 is 4.74 Å². The standard InChI is InChI=1S/C25H17Cl2NO2/c1-16-6-10-19(11-7-16)28-15-22-20-5-3-2-4-17(20)8-13-24(22)30-25(29)21-12-9-18(26)14-23(21)27/h2-15H,1H3. The molecule has 0 radical (unpaired) electrons. The molecule has 0 atom stereocenters. The summed E-state index contributed by atoms with van der Waals surface area (Å²) in [6.07, 6.45) is 1.72. The second kappa shape index (κ2) is 8.70. The fourth-order valence-electron chi connectivity index (χ4n) is 3.08. The average Bonchev–Trinajstić information content (AvgIpc) is 2.74. The summed E-state index contributed by atoms with van der Waals surface area (Å²) < 4.78 is 5.71. The number of benzene rings is 4. The van der Waals surface area contributed by atoms with Crippen LogP contribution >= 0.6 is 23.2 Å². The molecule has 0 aliphatic carbocycles. The van der Waals surface area contributed by atoms with Crippen LogP contribution in [0.15, 0.2) is 83.9 Å². The van der Waals surface area contributed by atoms with E-state index in [9.17, 15) is 4.79 Å². The van der Waals surface area contributed by atoms with Crippen LogP contribution < -0.4 is 4.74 Å². The van der Waals surface area contributed by atoms with Crippen LogP contribution in [-0.2, 0) is 0 Å². The summed E-state index contributed by atoms with van der Waals surface area (Å²) in [5.74, 6) is -0.155. The van der Waals surface area contributed by atoms with E-state index in [0.717, 1.165) is 22.0 Å². The van der Waals surface area contributed by atoms with Gasteiger partial charge in [-0.15, -0.1) is 0 Å². The zero-order valence-corrected chi connectivity index (χ0v) is 17.6. The maximum atomic E-state index is 12.8. The smallest absolute Gasteiger partial charge is 0.345 e. The van der Waals surface area contributed by atoms with Crippen molar-refractivity contribution in [3.05, 3.63) is 106 Å². The molecular formula is C25H17Cl2NO2. The minimum atomic E-state index is -0.558. The summed E-state index contributed by atoms with van der Waals surface area (Å²) in [5, 5.41) is 2.64. The molecule has 0 unspecified atom stereocenters. The highest BCUT2D eigenvalue weighted by Crippen LogP contribution is 2.29. The molecule has 0 amide bonds. The molecule has 0 aliphatic heterocycles. The van der Waals surface area contributed by atoms with Crippen LogP contribution in [-0.4, -0.2) is 12.2 Å². The number of hydrogen-bond acceptors (Lipinski definition) is 3. The van der Waals surface area contributed by atoms with Gasteiger partial charge in [0.2, 0.25) is 0 Å². The third-order valence-corrected chi connectivity index (χ3v) is 5.21. The number of nitrogens with zero attached hydrogens (tertiary/aromatic N) is 1. The Morgan fingerprint density at radius 3 is 2.47 bits per heavy atom. The Morgan fingerprint density at radius 1 is 0.933 bits per heavy atom. The number of carbonyl (C=O) groups excluding carboxylic acids is 1. The quantitative estimate of drug-likeness (QED) is 0.190. The first-order valence-corrected chi connectivity index (χ1v) is 10.1. The van der Waals surface area contributed by atoms with Crippen LogP contribution in [0.25, 0.3) is 10.8 Å². The van der Waals surface area contributed by atoms with E-state index in [-0.39, 0.29) is 10.6 Å². The number of rotatable bonds is 4. The summed E-state index contributed by atoms with van der Waals surface area (Å²) in [7, 11) is 0. The van der Waals surface area contributed by atoms with E-state index in [1.54, 1.807) is 24.4 Å². The molecule has 0 bridgehead atoms. The van der Waals surface area contributed by atoms with E-state index in [0.29, 0.717) is 16.3 Å². The number of ether oxygens (including phenoxy) is 1. The predicted octanol–water partition coefficient (Wildman–Crippen LogP) is 7.42. The van der Waals surface area contributed by atoms with Crippen molar-refractivity contribution in [1.82, 2.24) is 0 Å². The first-order valence-electron chi connectivity index (χ1n) is 9.31. The predicted molar refractivity (Wildman–Crippen MR) is 124 cm³/mol. The normalized spacial score (nSPS) is 11.2.